The van der Waals surface area contributed by atoms with Gasteiger partial charge in [0.25, 0.3) is 0 Å². The van der Waals surface area contributed by atoms with Crippen LogP contribution in [0.5, 0.6) is 0 Å². The zero-order chi connectivity index (χ0) is 24.8. The van der Waals surface area contributed by atoms with E-state index in [0.29, 0.717) is 18.0 Å². The number of fused-ring (bicyclic) bond motifs is 1. The van der Waals surface area contributed by atoms with Crippen LogP contribution in [0.3, 0.4) is 0 Å². The third kappa shape index (κ3) is 5.60. The van der Waals surface area contributed by atoms with Crippen molar-refractivity contribution in [2.45, 2.75) is 32.9 Å². The van der Waals surface area contributed by atoms with E-state index in [0.717, 1.165) is 41.9 Å². The molecule has 10 heteroatoms. The minimum Gasteiger partial charge on any atom is -0.445 e. The van der Waals surface area contributed by atoms with Crippen LogP contribution in [0.2, 0.25) is 0 Å². The Morgan fingerprint density at radius 3 is 2.69 bits per heavy atom. The fraction of sp³-hybridized carbons (Fsp3) is 0.360. The molecular formula is C25H32N8O2. The average molecular weight is 477 g/mol. The number of alkyl carbamates (subject to hydrolysis) is 1. The van der Waals surface area contributed by atoms with Gasteiger partial charge in [0.1, 0.15) is 12.4 Å². The topological polar surface area (TPSA) is 116 Å². The second-order valence-corrected chi connectivity index (χ2v) is 8.39. The van der Waals surface area contributed by atoms with Crippen molar-refractivity contribution in [2.75, 3.05) is 25.4 Å². The number of carbonyl (C=O) groups is 1. The average Bonchev–Trinajstić information content (AvgIpc) is 3.49. The molecule has 35 heavy (non-hydrogen) atoms. The van der Waals surface area contributed by atoms with Crippen molar-refractivity contribution in [3.8, 4) is 11.1 Å². The summed E-state index contributed by atoms with van der Waals surface area (Å²) in [6, 6.07) is 11.2. The van der Waals surface area contributed by atoms with E-state index in [2.05, 4.69) is 34.3 Å². The van der Waals surface area contributed by atoms with E-state index in [1.165, 1.54) is 0 Å². The molecule has 184 valence electrons. The third-order valence-corrected chi connectivity index (χ3v) is 5.89. The van der Waals surface area contributed by atoms with Crippen LogP contribution < -0.4 is 11.1 Å². The minimum atomic E-state index is -0.471. The Balaban J connectivity index is 1.59. The second kappa shape index (κ2) is 11.0. The quantitative estimate of drug-likeness (QED) is 0.360. The number of ether oxygens (including phenoxy) is 1. The van der Waals surface area contributed by atoms with Crippen LogP contribution in [-0.4, -0.2) is 55.0 Å². The maximum Gasteiger partial charge on any atom is 0.407 e. The SMILES string of the molecule is CCCN(CC)C(CNC(=O)OCc1ccccc1)c1cc(N)n2ncc(-c3cnn(C)c3)c2n1. The Kier molecular flexibility index (Phi) is 7.61. The molecule has 0 aliphatic rings. The predicted octanol–water partition coefficient (Wildman–Crippen LogP) is 3.41. The number of nitrogens with one attached hydrogen (secondary N) is 1. The molecule has 0 saturated carbocycles. The van der Waals surface area contributed by atoms with E-state index >= 15 is 0 Å². The number of benzene rings is 1. The largest absolute Gasteiger partial charge is 0.445 e. The van der Waals surface area contributed by atoms with Crippen molar-refractivity contribution < 1.29 is 9.53 Å². The Labute approximate surface area is 204 Å². The molecule has 1 aromatic carbocycles. The summed E-state index contributed by atoms with van der Waals surface area (Å²) in [5, 5.41) is 11.6. The van der Waals surface area contributed by atoms with Crippen LogP contribution in [0.4, 0.5) is 10.6 Å². The van der Waals surface area contributed by atoms with Gasteiger partial charge in [0.2, 0.25) is 0 Å². The highest BCUT2D eigenvalue weighted by Crippen LogP contribution is 2.27. The van der Waals surface area contributed by atoms with Gasteiger partial charge in [-0.25, -0.2) is 9.78 Å². The molecule has 0 saturated heterocycles. The number of hydrogen-bond donors (Lipinski definition) is 2. The Bertz CT molecular complexity index is 1270. The lowest BCUT2D eigenvalue weighted by molar-refractivity contribution is 0.132. The number of nitrogen functional groups attached to an aromatic ring is 1. The smallest absolute Gasteiger partial charge is 0.407 e. The van der Waals surface area contributed by atoms with E-state index in [1.54, 1.807) is 21.6 Å². The maximum absolute atomic E-state index is 12.5. The number of rotatable bonds is 10. The minimum absolute atomic E-state index is 0.187. The number of hydrogen-bond acceptors (Lipinski definition) is 7. The monoisotopic (exact) mass is 476 g/mol. The summed E-state index contributed by atoms with van der Waals surface area (Å²) < 4.78 is 8.77. The number of nitrogens with two attached hydrogens (primary N) is 1. The molecule has 1 amide bonds. The maximum atomic E-state index is 12.5. The lowest BCUT2D eigenvalue weighted by atomic mass is 10.1. The predicted molar refractivity (Wildman–Crippen MR) is 135 cm³/mol. The van der Waals surface area contributed by atoms with Gasteiger partial charge in [0.05, 0.1) is 24.1 Å². The molecule has 0 spiro atoms. The number of anilines is 1. The summed E-state index contributed by atoms with van der Waals surface area (Å²) in [7, 11) is 1.87. The Morgan fingerprint density at radius 1 is 1.20 bits per heavy atom. The second-order valence-electron chi connectivity index (χ2n) is 8.39. The first kappa shape index (κ1) is 24.2. The molecule has 0 bridgehead atoms. The molecular weight excluding hydrogens is 444 g/mol. The van der Waals surface area contributed by atoms with Crippen LogP contribution in [0.15, 0.2) is 55.0 Å². The normalized spacial score (nSPS) is 12.2. The van der Waals surface area contributed by atoms with Crippen LogP contribution in [0, 0.1) is 0 Å². The number of amides is 1. The van der Waals surface area contributed by atoms with Gasteiger partial charge in [0.15, 0.2) is 5.65 Å². The van der Waals surface area contributed by atoms with E-state index in [-0.39, 0.29) is 12.6 Å². The summed E-state index contributed by atoms with van der Waals surface area (Å²) in [6.07, 6.45) is 5.93. The zero-order valence-corrected chi connectivity index (χ0v) is 20.4. The fourth-order valence-corrected chi connectivity index (χ4v) is 4.14. The van der Waals surface area contributed by atoms with Gasteiger partial charge < -0.3 is 15.8 Å². The van der Waals surface area contributed by atoms with Gasteiger partial charge in [-0.15, -0.1) is 0 Å². The Hall–Kier alpha value is -3.92. The van der Waals surface area contributed by atoms with Crippen molar-refractivity contribution in [1.29, 1.82) is 0 Å². The lowest BCUT2D eigenvalue weighted by Gasteiger charge is -2.30. The molecule has 10 nitrogen and oxygen atoms in total. The van der Waals surface area contributed by atoms with Crippen molar-refractivity contribution in [3.63, 3.8) is 0 Å². The van der Waals surface area contributed by atoms with Gasteiger partial charge >= 0.3 is 6.09 Å². The summed E-state index contributed by atoms with van der Waals surface area (Å²) in [5.74, 6) is 0.476. The first-order valence-corrected chi connectivity index (χ1v) is 11.8. The molecule has 4 aromatic rings. The van der Waals surface area contributed by atoms with Gasteiger partial charge in [-0.1, -0.05) is 44.2 Å². The molecule has 0 fully saturated rings. The molecule has 1 atom stereocenters. The first-order chi connectivity index (χ1) is 17.0. The standard InChI is InChI=1S/C25H32N8O2/c1-4-11-32(5-2)22(15-27-25(34)35-17-18-9-7-6-8-10-18)21-12-23(26)33-24(30-21)20(14-29-33)19-13-28-31(3)16-19/h6-10,12-14,16,22H,4-5,11,15,17,26H2,1-3H3,(H,27,34). The number of aryl methyl sites for hydroxylation is 1. The molecule has 3 aromatic heterocycles. The van der Waals surface area contributed by atoms with Gasteiger partial charge in [-0.3, -0.25) is 9.58 Å². The summed E-state index contributed by atoms with van der Waals surface area (Å²) in [5.41, 5.74) is 10.5. The van der Waals surface area contributed by atoms with Gasteiger partial charge in [-0.05, 0) is 25.1 Å². The molecule has 0 radical (unpaired) electrons. The van der Waals surface area contributed by atoms with E-state index in [9.17, 15) is 4.79 Å². The lowest BCUT2D eigenvalue weighted by Crippen LogP contribution is -2.39. The molecule has 4 rings (SSSR count). The highest BCUT2D eigenvalue weighted by Gasteiger charge is 2.24. The number of aromatic nitrogens is 5. The number of likely N-dealkylation sites (N-methyl/N-ethyl adjacent to an activating group) is 1. The van der Waals surface area contributed by atoms with Crippen molar-refractivity contribution >= 4 is 17.6 Å². The molecule has 3 heterocycles. The van der Waals surface area contributed by atoms with Crippen LogP contribution in [0.25, 0.3) is 16.8 Å². The summed E-state index contributed by atoms with van der Waals surface area (Å²) >= 11 is 0. The van der Waals surface area contributed by atoms with Crippen molar-refractivity contribution in [2.24, 2.45) is 7.05 Å². The fourth-order valence-electron chi connectivity index (χ4n) is 4.14. The van der Waals surface area contributed by atoms with Crippen LogP contribution in [-0.2, 0) is 18.4 Å². The third-order valence-electron chi connectivity index (χ3n) is 5.89. The molecule has 1 unspecified atom stereocenters. The van der Waals surface area contributed by atoms with Crippen LogP contribution >= 0.6 is 0 Å². The van der Waals surface area contributed by atoms with E-state index in [1.807, 2.05) is 49.6 Å². The first-order valence-electron chi connectivity index (χ1n) is 11.8. The molecule has 0 aliphatic carbocycles. The Morgan fingerprint density at radius 2 is 2.00 bits per heavy atom. The van der Waals surface area contributed by atoms with Gasteiger partial charge in [-0.2, -0.15) is 14.7 Å². The highest BCUT2D eigenvalue weighted by molar-refractivity contribution is 5.77. The number of carbonyl (C=O) groups excluding carboxylic acids is 1. The molecule has 3 N–H and O–H groups in total. The summed E-state index contributed by atoms with van der Waals surface area (Å²) in [4.78, 5) is 19.7. The highest BCUT2D eigenvalue weighted by atomic mass is 16.5. The zero-order valence-electron chi connectivity index (χ0n) is 20.4. The van der Waals surface area contributed by atoms with E-state index in [4.69, 9.17) is 15.5 Å². The van der Waals surface area contributed by atoms with Crippen molar-refractivity contribution in [3.05, 3.63) is 66.2 Å². The molecule has 0 aliphatic heterocycles. The number of nitrogens with zero attached hydrogens (tertiary/aromatic N) is 6. The van der Waals surface area contributed by atoms with Crippen LogP contribution in [0.1, 0.15) is 37.6 Å². The van der Waals surface area contributed by atoms with E-state index < -0.39 is 6.09 Å². The summed E-state index contributed by atoms with van der Waals surface area (Å²) in [6.45, 7) is 6.41. The van der Waals surface area contributed by atoms with Crippen molar-refractivity contribution in [1.82, 2.24) is 34.6 Å². The van der Waals surface area contributed by atoms with Gasteiger partial charge in [0, 0.05) is 37.0 Å².